The van der Waals surface area contributed by atoms with Gasteiger partial charge in [-0.15, -0.1) is 0 Å². The Bertz CT molecular complexity index is 422. The third-order valence-corrected chi connectivity index (χ3v) is 1.93. The number of methoxy groups -OCH3 is 1. The molecule has 0 radical (unpaired) electrons. The second-order valence-electron chi connectivity index (χ2n) is 2.84. The number of imidazole rings is 1. The van der Waals surface area contributed by atoms with Crippen LogP contribution in [0.5, 0.6) is 0 Å². The topological polar surface area (TPSA) is 52.5 Å². The second kappa shape index (κ2) is 3.06. The minimum atomic E-state index is 0.546. The van der Waals surface area contributed by atoms with Gasteiger partial charge >= 0.3 is 0 Å². The molecule has 2 heterocycles. The van der Waals surface area contributed by atoms with Crippen molar-refractivity contribution in [2.45, 2.75) is 6.61 Å². The number of nitrogen functional groups attached to an aromatic ring is 1. The summed E-state index contributed by atoms with van der Waals surface area (Å²) in [5.41, 5.74) is 8.22. The lowest BCUT2D eigenvalue weighted by atomic mass is 10.4. The van der Waals surface area contributed by atoms with Crippen LogP contribution in [0.25, 0.3) is 5.65 Å². The van der Waals surface area contributed by atoms with Crippen molar-refractivity contribution < 1.29 is 4.74 Å². The molecule has 0 aromatic carbocycles. The molecule has 0 atom stereocenters. The highest BCUT2D eigenvalue weighted by molar-refractivity contribution is 5.64. The number of hydrogen-bond acceptors (Lipinski definition) is 3. The highest BCUT2D eigenvalue weighted by Gasteiger charge is 2.03. The van der Waals surface area contributed by atoms with Crippen LogP contribution in [0.3, 0.4) is 0 Å². The number of hydrogen-bond donors (Lipinski definition) is 1. The number of nitrogens with zero attached hydrogens (tertiary/aromatic N) is 2. The molecule has 0 aliphatic heterocycles. The van der Waals surface area contributed by atoms with E-state index in [1.807, 2.05) is 22.7 Å². The van der Waals surface area contributed by atoms with Crippen molar-refractivity contribution in [2.24, 2.45) is 0 Å². The van der Waals surface area contributed by atoms with Crippen LogP contribution in [0.4, 0.5) is 5.69 Å². The van der Waals surface area contributed by atoms with E-state index in [4.69, 9.17) is 10.5 Å². The molecular formula is C9H11N3O. The van der Waals surface area contributed by atoms with E-state index in [1.165, 1.54) is 0 Å². The molecule has 0 aliphatic rings. The average Bonchev–Trinajstić information content (AvgIpc) is 2.51. The van der Waals surface area contributed by atoms with E-state index in [0.717, 1.165) is 11.3 Å². The van der Waals surface area contributed by atoms with Crippen LogP contribution in [0.2, 0.25) is 0 Å². The molecule has 2 aromatic heterocycles. The number of pyridine rings is 1. The Kier molecular flexibility index (Phi) is 1.90. The Hall–Kier alpha value is -1.55. The first-order valence-electron chi connectivity index (χ1n) is 4.02. The van der Waals surface area contributed by atoms with Crippen molar-refractivity contribution in [1.29, 1.82) is 0 Å². The second-order valence-corrected chi connectivity index (χ2v) is 2.84. The van der Waals surface area contributed by atoms with E-state index in [1.54, 1.807) is 13.3 Å². The van der Waals surface area contributed by atoms with Crippen molar-refractivity contribution >= 4 is 11.3 Å². The van der Waals surface area contributed by atoms with Crippen molar-refractivity contribution in [3.63, 3.8) is 0 Å². The van der Waals surface area contributed by atoms with Crippen LogP contribution in [-0.4, -0.2) is 16.5 Å². The number of nitrogens with two attached hydrogens (primary N) is 1. The van der Waals surface area contributed by atoms with Crippen molar-refractivity contribution in [3.05, 3.63) is 30.2 Å². The minimum absolute atomic E-state index is 0.546. The lowest BCUT2D eigenvalue weighted by Gasteiger charge is -2.00. The molecule has 0 fully saturated rings. The van der Waals surface area contributed by atoms with Gasteiger partial charge in [-0.1, -0.05) is 0 Å². The zero-order valence-corrected chi connectivity index (χ0v) is 7.40. The average molecular weight is 177 g/mol. The van der Waals surface area contributed by atoms with Crippen molar-refractivity contribution in [3.8, 4) is 0 Å². The molecule has 0 spiro atoms. The third kappa shape index (κ3) is 1.25. The van der Waals surface area contributed by atoms with Gasteiger partial charge in [0.25, 0.3) is 0 Å². The number of anilines is 1. The first-order valence-corrected chi connectivity index (χ1v) is 4.02. The summed E-state index contributed by atoms with van der Waals surface area (Å²) in [6.07, 6.45) is 3.70. The molecule has 4 nitrogen and oxygen atoms in total. The van der Waals surface area contributed by atoms with Gasteiger partial charge in [0.1, 0.15) is 0 Å². The minimum Gasteiger partial charge on any atom is -0.396 e. The lowest BCUT2D eigenvalue weighted by molar-refractivity contribution is 0.181. The van der Waals surface area contributed by atoms with Gasteiger partial charge in [0.2, 0.25) is 0 Å². The van der Waals surface area contributed by atoms with Gasteiger partial charge < -0.3 is 10.5 Å². The fourth-order valence-corrected chi connectivity index (χ4v) is 1.34. The molecule has 0 saturated carbocycles. The standard InChI is InChI=1S/C9H11N3O/c1-13-6-7-5-11-9-8(10)3-2-4-12(7)9/h2-5H,6,10H2,1H3. The number of aromatic nitrogens is 2. The van der Waals surface area contributed by atoms with Crippen molar-refractivity contribution in [1.82, 2.24) is 9.38 Å². The summed E-state index contributed by atoms with van der Waals surface area (Å²) in [5, 5.41) is 0. The molecule has 4 heteroatoms. The molecule has 0 bridgehead atoms. The van der Waals surface area contributed by atoms with Crippen LogP contribution >= 0.6 is 0 Å². The largest absolute Gasteiger partial charge is 0.396 e. The first kappa shape index (κ1) is 8.07. The predicted molar refractivity (Wildman–Crippen MR) is 50.3 cm³/mol. The zero-order chi connectivity index (χ0) is 9.26. The molecule has 13 heavy (non-hydrogen) atoms. The van der Waals surface area contributed by atoms with E-state index in [2.05, 4.69) is 4.98 Å². The van der Waals surface area contributed by atoms with Crippen LogP contribution in [0.1, 0.15) is 5.69 Å². The molecule has 0 aliphatic carbocycles. The van der Waals surface area contributed by atoms with E-state index in [0.29, 0.717) is 12.3 Å². The fourth-order valence-electron chi connectivity index (χ4n) is 1.34. The molecule has 0 saturated heterocycles. The molecule has 2 N–H and O–H groups in total. The van der Waals surface area contributed by atoms with Gasteiger partial charge in [0.05, 0.1) is 24.2 Å². The van der Waals surface area contributed by atoms with Gasteiger partial charge in [-0.2, -0.15) is 0 Å². The Morgan fingerprint density at radius 2 is 2.46 bits per heavy atom. The van der Waals surface area contributed by atoms with E-state index >= 15 is 0 Å². The van der Waals surface area contributed by atoms with Gasteiger partial charge in [0.15, 0.2) is 5.65 Å². The van der Waals surface area contributed by atoms with E-state index in [9.17, 15) is 0 Å². The summed E-state index contributed by atoms with van der Waals surface area (Å²) in [6, 6.07) is 3.72. The number of fused-ring (bicyclic) bond motifs is 1. The number of rotatable bonds is 2. The molecule has 0 unspecified atom stereocenters. The summed E-state index contributed by atoms with van der Waals surface area (Å²) in [7, 11) is 1.66. The van der Waals surface area contributed by atoms with Crippen LogP contribution in [0, 0.1) is 0 Å². The zero-order valence-electron chi connectivity index (χ0n) is 7.40. The van der Waals surface area contributed by atoms with Crippen LogP contribution in [-0.2, 0) is 11.3 Å². The van der Waals surface area contributed by atoms with Gasteiger partial charge in [-0.05, 0) is 12.1 Å². The SMILES string of the molecule is COCc1cnc2c(N)cccn12. The maximum Gasteiger partial charge on any atom is 0.160 e. The Labute approximate surface area is 76.0 Å². The maximum absolute atomic E-state index is 5.74. The van der Waals surface area contributed by atoms with Crippen molar-refractivity contribution in [2.75, 3.05) is 12.8 Å². The Balaban J connectivity index is 2.61. The monoisotopic (exact) mass is 177 g/mol. The highest BCUT2D eigenvalue weighted by atomic mass is 16.5. The highest BCUT2D eigenvalue weighted by Crippen LogP contribution is 2.13. The smallest absolute Gasteiger partial charge is 0.160 e. The summed E-state index contributed by atoms with van der Waals surface area (Å²) in [5.74, 6) is 0. The van der Waals surface area contributed by atoms with E-state index < -0.39 is 0 Å². The fraction of sp³-hybridized carbons (Fsp3) is 0.222. The molecule has 2 rings (SSSR count). The number of ether oxygens (including phenoxy) is 1. The van der Waals surface area contributed by atoms with Gasteiger partial charge in [0, 0.05) is 13.3 Å². The normalized spacial score (nSPS) is 10.8. The summed E-state index contributed by atoms with van der Waals surface area (Å²) in [4.78, 5) is 4.19. The predicted octanol–water partition coefficient (Wildman–Crippen LogP) is 1.06. The molecule has 68 valence electrons. The third-order valence-electron chi connectivity index (χ3n) is 1.93. The van der Waals surface area contributed by atoms with E-state index in [-0.39, 0.29) is 0 Å². The van der Waals surface area contributed by atoms with Crippen LogP contribution in [0.15, 0.2) is 24.5 Å². The quantitative estimate of drug-likeness (QED) is 0.746. The summed E-state index contributed by atoms with van der Waals surface area (Å²) in [6.45, 7) is 0.546. The summed E-state index contributed by atoms with van der Waals surface area (Å²) >= 11 is 0. The lowest BCUT2D eigenvalue weighted by Crippen LogP contribution is -1.96. The molecule has 2 aromatic rings. The van der Waals surface area contributed by atoms with Gasteiger partial charge in [-0.25, -0.2) is 4.98 Å². The maximum atomic E-state index is 5.74. The van der Waals surface area contributed by atoms with Gasteiger partial charge in [-0.3, -0.25) is 4.40 Å². The molecular weight excluding hydrogens is 166 g/mol. The summed E-state index contributed by atoms with van der Waals surface area (Å²) < 4.78 is 6.96. The van der Waals surface area contributed by atoms with Crippen LogP contribution < -0.4 is 5.73 Å². The first-order chi connectivity index (χ1) is 6.33. The Morgan fingerprint density at radius 3 is 3.23 bits per heavy atom. The molecule has 0 amide bonds. The Morgan fingerprint density at radius 1 is 1.62 bits per heavy atom.